The Balaban J connectivity index is 0.000000160. The first-order valence-electron chi connectivity index (χ1n) is 6.77. The van der Waals surface area contributed by atoms with Crippen molar-refractivity contribution in [3.05, 3.63) is 73.1 Å². The van der Waals surface area contributed by atoms with Crippen LogP contribution in [0.2, 0.25) is 0 Å². The van der Waals surface area contributed by atoms with Crippen molar-refractivity contribution in [2.75, 3.05) is 0 Å². The average Bonchev–Trinajstić information content (AvgIpc) is 2.57. The summed E-state index contributed by atoms with van der Waals surface area (Å²) in [7, 11) is 0. The molecule has 0 aliphatic heterocycles. The van der Waals surface area contributed by atoms with Crippen LogP contribution in [0, 0.1) is 0 Å². The standard InChI is InChI=1S/2C9H7NO.Cu/c2*11-8-5-1-3-7-4-2-6-10-9(7)8;/h2*1-6,11H;/p-2. The van der Waals surface area contributed by atoms with E-state index in [-0.39, 0.29) is 28.6 Å². The van der Waals surface area contributed by atoms with Gasteiger partial charge in [-0.3, -0.25) is 9.97 Å². The minimum absolute atomic E-state index is 0. The summed E-state index contributed by atoms with van der Waals surface area (Å²) in [5.41, 5.74) is 1.10. The zero-order valence-electron chi connectivity index (χ0n) is 11.9. The predicted octanol–water partition coefficient (Wildman–Crippen LogP) is 2.61. The molecule has 0 aliphatic rings. The van der Waals surface area contributed by atoms with Gasteiger partial charge in [-0.1, -0.05) is 60.0 Å². The van der Waals surface area contributed by atoms with Gasteiger partial charge < -0.3 is 10.2 Å². The van der Waals surface area contributed by atoms with Gasteiger partial charge in [0, 0.05) is 29.5 Å². The molecule has 0 bridgehead atoms. The number of fused-ring (bicyclic) bond motifs is 2. The van der Waals surface area contributed by atoms with Gasteiger partial charge in [0.2, 0.25) is 0 Å². The Morgan fingerprint density at radius 2 is 0.957 bits per heavy atom. The first-order chi connectivity index (χ1) is 10.8. The van der Waals surface area contributed by atoms with E-state index >= 15 is 0 Å². The van der Waals surface area contributed by atoms with Gasteiger partial charge in [0.25, 0.3) is 0 Å². The Bertz CT molecular complexity index is 841. The number of pyridine rings is 2. The van der Waals surface area contributed by atoms with Gasteiger partial charge >= 0.3 is 0 Å². The fourth-order valence-corrected chi connectivity index (χ4v) is 2.15. The van der Waals surface area contributed by atoms with E-state index in [0.717, 1.165) is 10.8 Å². The molecule has 5 heteroatoms. The van der Waals surface area contributed by atoms with Crippen molar-refractivity contribution in [2.24, 2.45) is 0 Å². The second-order valence-electron chi connectivity index (χ2n) is 4.66. The minimum Gasteiger partial charge on any atom is -0.871 e. The molecule has 0 saturated heterocycles. The molecule has 4 aromatic rings. The number of benzene rings is 2. The van der Waals surface area contributed by atoms with E-state index in [0.29, 0.717) is 11.0 Å². The average molecular weight is 352 g/mol. The molecule has 4 nitrogen and oxygen atoms in total. The first-order valence-corrected chi connectivity index (χ1v) is 6.77. The van der Waals surface area contributed by atoms with Crippen LogP contribution in [0.15, 0.2) is 73.1 Å². The molecule has 0 fully saturated rings. The molecule has 23 heavy (non-hydrogen) atoms. The molecule has 119 valence electrons. The van der Waals surface area contributed by atoms with Crippen LogP contribution < -0.4 is 10.2 Å². The largest absolute Gasteiger partial charge is 0.871 e. The van der Waals surface area contributed by atoms with Gasteiger partial charge in [-0.15, -0.1) is 0 Å². The zero-order chi connectivity index (χ0) is 15.4. The molecular weight excluding hydrogens is 340 g/mol. The third-order valence-corrected chi connectivity index (χ3v) is 3.19. The smallest absolute Gasteiger partial charge is 0.0623 e. The molecule has 2 aromatic carbocycles. The number of aromatic nitrogens is 2. The summed E-state index contributed by atoms with van der Waals surface area (Å²) < 4.78 is 0. The first kappa shape index (κ1) is 16.7. The van der Waals surface area contributed by atoms with Gasteiger partial charge in [0.1, 0.15) is 0 Å². The van der Waals surface area contributed by atoms with Crippen molar-refractivity contribution in [1.82, 2.24) is 9.97 Å². The number of hydrogen-bond acceptors (Lipinski definition) is 4. The SMILES string of the molecule is [Cu].[O-]c1cccc2cccnc12.[O-]c1cccc2cccnc12. The fourth-order valence-electron chi connectivity index (χ4n) is 2.15. The number of para-hydroxylation sites is 2. The summed E-state index contributed by atoms with van der Waals surface area (Å²) in [6.07, 6.45) is 3.26. The van der Waals surface area contributed by atoms with Crippen molar-refractivity contribution in [2.45, 2.75) is 0 Å². The number of nitrogens with zero attached hydrogens (tertiary/aromatic N) is 2. The van der Waals surface area contributed by atoms with Crippen LogP contribution in [0.4, 0.5) is 0 Å². The van der Waals surface area contributed by atoms with Gasteiger partial charge in [0.15, 0.2) is 0 Å². The molecule has 1 radical (unpaired) electrons. The van der Waals surface area contributed by atoms with Crippen LogP contribution in [0.3, 0.4) is 0 Å². The molecule has 0 saturated carbocycles. The van der Waals surface area contributed by atoms with E-state index in [4.69, 9.17) is 0 Å². The van der Waals surface area contributed by atoms with Crippen molar-refractivity contribution in [3.8, 4) is 11.5 Å². The van der Waals surface area contributed by atoms with E-state index in [1.165, 1.54) is 12.1 Å². The van der Waals surface area contributed by atoms with Gasteiger partial charge in [-0.25, -0.2) is 0 Å². The quantitative estimate of drug-likeness (QED) is 0.456. The van der Waals surface area contributed by atoms with Gasteiger partial charge in [-0.2, -0.15) is 0 Å². The minimum atomic E-state index is -0.0110. The third-order valence-electron chi connectivity index (χ3n) is 3.19. The second-order valence-corrected chi connectivity index (χ2v) is 4.66. The van der Waals surface area contributed by atoms with Crippen LogP contribution in [0.25, 0.3) is 21.8 Å². The molecule has 0 amide bonds. The van der Waals surface area contributed by atoms with Crippen LogP contribution >= 0.6 is 0 Å². The van der Waals surface area contributed by atoms with E-state index < -0.39 is 0 Å². The Hall–Kier alpha value is -2.62. The molecule has 0 spiro atoms. The monoisotopic (exact) mass is 351 g/mol. The maximum absolute atomic E-state index is 11.1. The molecule has 0 aliphatic carbocycles. The predicted molar refractivity (Wildman–Crippen MR) is 82.4 cm³/mol. The maximum Gasteiger partial charge on any atom is 0.0623 e. The fraction of sp³-hybridized carbons (Fsp3) is 0. The summed E-state index contributed by atoms with van der Waals surface area (Å²) >= 11 is 0. The summed E-state index contributed by atoms with van der Waals surface area (Å²) in [5, 5.41) is 24.0. The van der Waals surface area contributed by atoms with Crippen molar-refractivity contribution < 1.29 is 27.3 Å². The molecular formula is C18H12CuN2O2-2. The second kappa shape index (κ2) is 7.58. The van der Waals surface area contributed by atoms with Crippen LogP contribution in [0.1, 0.15) is 0 Å². The van der Waals surface area contributed by atoms with Crippen LogP contribution in [0.5, 0.6) is 11.5 Å². The maximum atomic E-state index is 11.1. The number of hydrogen-bond donors (Lipinski definition) is 0. The summed E-state index contributed by atoms with van der Waals surface area (Å²) in [4.78, 5) is 7.94. The number of rotatable bonds is 0. The molecule has 2 aromatic heterocycles. The molecule has 0 N–H and O–H groups in total. The van der Waals surface area contributed by atoms with Crippen molar-refractivity contribution in [1.29, 1.82) is 0 Å². The Morgan fingerprint density at radius 1 is 0.565 bits per heavy atom. The molecule has 4 rings (SSSR count). The Kier molecular flexibility index (Phi) is 5.52. The Labute approximate surface area is 143 Å². The van der Waals surface area contributed by atoms with Crippen LogP contribution in [-0.4, -0.2) is 9.97 Å². The van der Waals surface area contributed by atoms with E-state index in [1.807, 2.05) is 36.4 Å². The third kappa shape index (κ3) is 3.77. The normalized spacial score (nSPS) is 9.74. The topological polar surface area (TPSA) is 71.9 Å². The van der Waals surface area contributed by atoms with E-state index in [2.05, 4.69) is 9.97 Å². The van der Waals surface area contributed by atoms with Crippen molar-refractivity contribution >= 4 is 21.8 Å². The van der Waals surface area contributed by atoms with E-state index in [9.17, 15) is 10.2 Å². The molecule has 2 heterocycles. The van der Waals surface area contributed by atoms with E-state index in [1.54, 1.807) is 24.5 Å². The summed E-state index contributed by atoms with van der Waals surface area (Å²) in [5.74, 6) is -0.0220. The molecule has 0 unspecified atom stereocenters. The Morgan fingerprint density at radius 3 is 1.35 bits per heavy atom. The summed E-state index contributed by atoms with van der Waals surface area (Å²) in [6.45, 7) is 0. The van der Waals surface area contributed by atoms with Gasteiger partial charge in [0.05, 0.1) is 11.0 Å². The summed E-state index contributed by atoms with van der Waals surface area (Å²) in [6, 6.07) is 17.7. The molecule has 0 atom stereocenters. The van der Waals surface area contributed by atoms with Crippen LogP contribution in [-0.2, 0) is 17.1 Å². The van der Waals surface area contributed by atoms with Gasteiger partial charge in [-0.05, 0) is 22.9 Å². The zero-order valence-corrected chi connectivity index (χ0v) is 12.9. The van der Waals surface area contributed by atoms with Crippen molar-refractivity contribution in [3.63, 3.8) is 0 Å².